The van der Waals surface area contributed by atoms with Gasteiger partial charge < -0.3 is 16.3 Å². The number of anilines is 1. The van der Waals surface area contributed by atoms with Gasteiger partial charge in [-0.3, -0.25) is 0 Å². The SMILES string of the molecule is CC(CNc1cc(F)cc(F)c1)C(N)=NO. The maximum absolute atomic E-state index is 12.8. The second kappa shape index (κ2) is 5.29. The molecule has 0 saturated heterocycles. The van der Waals surface area contributed by atoms with Crippen LogP contribution in [0.4, 0.5) is 14.5 Å². The van der Waals surface area contributed by atoms with Gasteiger partial charge in [-0.15, -0.1) is 0 Å². The Kier molecular flexibility index (Phi) is 4.04. The van der Waals surface area contributed by atoms with Crippen molar-refractivity contribution < 1.29 is 14.0 Å². The van der Waals surface area contributed by atoms with Crippen molar-refractivity contribution in [1.29, 1.82) is 0 Å². The summed E-state index contributed by atoms with van der Waals surface area (Å²) >= 11 is 0. The lowest BCUT2D eigenvalue weighted by Gasteiger charge is -2.12. The van der Waals surface area contributed by atoms with Crippen molar-refractivity contribution >= 4 is 11.5 Å². The fraction of sp³-hybridized carbons (Fsp3) is 0.300. The highest BCUT2D eigenvalue weighted by Crippen LogP contribution is 2.13. The molecule has 0 heterocycles. The lowest BCUT2D eigenvalue weighted by Crippen LogP contribution is -2.27. The van der Waals surface area contributed by atoms with Crippen LogP contribution in [-0.2, 0) is 0 Å². The lowest BCUT2D eigenvalue weighted by molar-refractivity contribution is 0.315. The van der Waals surface area contributed by atoms with Gasteiger partial charge in [0.05, 0.1) is 0 Å². The summed E-state index contributed by atoms with van der Waals surface area (Å²) in [5.74, 6) is -1.49. The zero-order valence-electron chi connectivity index (χ0n) is 8.74. The molecular weight excluding hydrogens is 216 g/mol. The lowest BCUT2D eigenvalue weighted by atomic mass is 10.1. The molecule has 1 atom stereocenters. The minimum Gasteiger partial charge on any atom is -0.409 e. The minimum atomic E-state index is -0.654. The van der Waals surface area contributed by atoms with Crippen molar-refractivity contribution in [3.63, 3.8) is 0 Å². The molecule has 1 rings (SSSR count). The molecule has 0 fully saturated rings. The largest absolute Gasteiger partial charge is 0.409 e. The molecule has 0 radical (unpaired) electrons. The number of hydrogen-bond donors (Lipinski definition) is 3. The molecule has 0 aliphatic rings. The molecule has 1 aromatic rings. The fourth-order valence-corrected chi connectivity index (χ4v) is 1.13. The van der Waals surface area contributed by atoms with Gasteiger partial charge in [-0.1, -0.05) is 12.1 Å². The van der Waals surface area contributed by atoms with Crippen molar-refractivity contribution in [3.8, 4) is 0 Å². The third kappa shape index (κ3) is 3.38. The number of hydrogen-bond acceptors (Lipinski definition) is 3. The maximum atomic E-state index is 12.8. The van der Waals surface area contributed by atoms with Crippen LogP contribution in [0, 0.1) is 17.6 Å². The summed E-state index contributed by atoms with van der Waals surface area (Å²) in [7, 11) is 0. The minimum absolute atomic E-state index is 0.0596. The second-order valence-electron chi connectivity index (χ2n) is 3.46. The zero-order chi connectivity index (χ0) is 12.1. The van der Waals surface area contributed by atoms with Gasteiger partial charge in [-0.25, -0.2) is 8.78 Å². The molecule has 0 saturated carbocycles. The summed E-state index contributed by atoms with van der Waals surface area (Å²) in [5.41, 5.74) is 5.67. The number of benzene rings is 1. The normalized spacial score (nSPS) is 13.6. The molecule has 6 heteroatoms. The van der Waals surface area contributed by atoms with Crippen LogP contribution in [0.2, 0.25) is 0 Å². The third-order valence-electron chi connectivity index (χ3n) is 2.10. The Morgan fingerprint density at radius 1 is 1.44 bits per heavy atom. The van der Waals surface area contributed by atoms with Gasteiger partial charge in [0.15, 0.2) is 0 Å². The highest BCUT2D eigenvalue weighted by atomic mass is 19.1. The van der Waals surface area contributed by atoms with Gasteiger partial charge in [-0.05, 0) is 12.1 Å². The number of oxime groups is 1. The Morgan fingerprint density at radius 3 is 2.50 bits per heavy atom. The van der Waals surface area contributed by atoms with Crippen LogP contribution in [0.3, 0.4) is 0 Å². The first kappa shape index (κ1) is 12.2. The topological polar surface area (TPSA) is 70.6 Å². The molecule has 4 N–H and O–H groups in total. The van der Waals surface area contributed by atoms with Crippen molar-refractivity contribution in [2.24, 2.45) is 16.8 Å². The van der Waals surface area contributed by atoms with E-state index >= 15 is 0 Å². The van der Waals surface area contributed by atoms with E-state index in [4.69, 9.17) is 10.9 Å². The smallest absolute Gasteiger partial charge is 0.143 e. The Hall–Kier alpha value is -1.85. The first-order valence-corrected chi connectivity index (χ1v) is 4.70. The van der Waals surface area contributed by atoms with Crippen LogP contribution in [0.5, 0.6) is 0 Å². The van der Waals surface area contributed by atoms with E-state index in [9.17, 15) is 8.78 Å². The molecule has 16 heavy (non-hydrogen) atoms. The molecule has 0 aliphatic carbocycles. The van der Waals surface area contributed by atoms with Crippen LogP contribution < -0.4 is 11.1 Å². The molecular formula is C10H13F2N3O. The van der Waals surface area contributed by atoms with Crippen molar-refractivity contribution in [3.05, 3.63) is 29.8 Å². The van der Waals surface area contributed by atoms with E-state index in [0.717, 1.165) is 6.07 Å². The van der Waals surface area contributed by atoms with Gasteiger partial charge in [-0.2, -0.15) is 0 Å². The maximum Gasteiger partial charge on any atom is 0.143 e. The second-order valence-corrected chi connectivity index (χ2v) is 3.46. The Balaban J connectivity index is 2.61. The van der Waals surface area contributed by atoms with E-state index in [1.165, 1.54) is 12.1 Å². The quantitative estimate of drug-likeness (QED) is 0.319. The van der Waals surface area contributed by atoms with Crippen LogP contribution in [-0.4, -0.2) is 17.6 Å². The predicted molar refractivity (Wildman–Crippen MR) is 57.4 cm³/mol. The Bertz CT molecular complexity index is 375. The fourth-order valence-electron chi connectivity index (χ4n) is 1.13. The summed E-state index contributed by atoms with van der Waals surface area (Å²) in [6, 6.07) is 3.13. The third-order valence-corrected chi connectivity index (χ3v) is 2.10. The molecule has 88 valence electrons. The predicted octanol–water partition coefficient (Wildman–Crippen LogP) is 1.76. The number of rotatable bonds is 4. The molecule has 0 bridgehead atoms. The zero-order valence-corrected chi connectivity index (χ0v) is 8.74. The first-order valence-electron chi connectivity index (χ1n) is 4.70. The van der Waals surface area contributed by atoms with Gasteiger partial charge in [0, 0.05) is 24.2 Å². The molecule has 0 aromatic heterocycles. The van der Waals surface area contributed by atoms with Crippen molar-refractivity contribution in [1.82, 2.24) is 0 Å². The van der Waals surface area contributed by atoms with Gasteiger partial charge >= 0.3 is 0 Å². The van der Waals surface area contributed by atoms with Crippen LogP contribution in [0.15, 0.2) is 23.4 Å². The molecule has 0 aliphatic heterocycles. The van der Waals surface area contributed by atoms with Gasteiger partial charge in [0.1, 0.15) is 17.5 Å². The van der Waals surface area contributed by atoms with E-state index in [0.29, 0.717) is 12.2 Å². The number of nitrogens with one attached hydrogen (secondary N) is 1. The van der Waals surface area contributed by atoms with E-state index in [2.05, 4.69) is 10.5 Å². The Morgan fingerprint density at radius 2 is 2.00 bits per heavy atom. The van der Waals surface area contributed by atoms with Crippen LogP contribution in [0.1, 0.15) is 6.92 Å². The number of nitrogens with zero attached hydrogens (tertiary/aromatic N) is 1. The number of nitrogens with two attached hydrogens (primary N) is 1. The summed E-state index contributed by atoms with van der Waals surface area (Å²) in [6.07, 6.45) is 0. The molecule has 0 amide bonds. The van der Waals surface area contributed by atoms with E-state index in [-0.39, 0.29) is 11.8 Å². The highest BCUT2D eigenvalue weighted by Gasteiger charge is 2.07. The first-order chi connectivity index (χ1) is 7.52. The van der Waals surface area contributed by atoms with E-state index in [1.807, 2.05) is 0 Å². The summed E-state index contributed by atoms with van der Waals surface area (Å²) in [4.78, 5) is 0. The monoisotopic (exact) mass is 229 g/mol. The number of amidine groups is 1. The average Bonchev–Trinajstić information content (AvgIpc) is 2.23. The summed E-state index contributed by atoms with van der Waals surface area (Å²) in [5, 5.41) is 14.0. The van der Waals surface area contributed by atoms with Gasteiger partial charge in [0.25, 0.3) is 0 Å². The van der Waals surface area contributed by atoms with Crippen LogP contribution >= 0.6 is 0 Å². The summed E-state index contributed by atoms with van der Waals surface area (Å²) in [6.45, 7) is 2.04. The van der Waals surface area contributed by atoms with Crippen molar-refractivity contribution in [2.45, 2.75) is 6.92 Å². The van der Waals surface area contributed by atoms with Gasteiger partial charge in [0.2, 0.25) is 0 Å². The molecule has 4 nitrogen and oxygen atoms in total. The van der Waals surface area contributed by atoms with E-state index < -0.39 is 11.6 Å². The number of halogens is 2. The Labute approximate surface area is 91.8 Å². The van der Waals surface area contributed by atoms with E-state index in [1.54, 1.807) is 6.92 Å². The van der Waals surface area contributed by atoms with Crippen molar-refractivity contribution in [2.75, 3.05) is 11.9 Å². The molecule has 1 aromatic carbocycles. The molecule has 0 spiro atoms. The standard InChI is InChI=1S/C10H13F2N3O/c1-6(10(13)15-16)5-14-9-3-7(11)2-8(12)4-9/h2-4,6,14,16H,5H2,1H3,(H2,13,15). The average molecular weight is 229 g/mol. The molecule has 1 unspecified atom stereocenters. The van der Waals surface area contributed by atoms with Crippen LogP contribution in [0.25, 0.3) is 0 Å². The summed E-state index contributed by atoms with van der Waals surface area (Å²) < 4.78 is 25.6. The highest BCUT2D eigenvalue weighted by molar-refractivity contribution is 5.82.